The zero-order valence-corrected chi connectivity index (χ0v) is 17.6. The lowest BCUT2D eigenvalue weighted by atomic mass is 9.97. The summed E-state index contributed by atoms with van der Waals surface area (Å²) in [6.07, 6.45) is 1.84. The molecule has 146 valence electrons. The minimum Gasteiger partial charge on any atom is -0.354 e. The summed E-state index contributed by atoms with van der Waals surface area (Å²) < 4.78 is 2.80. The van der Waals surface area contributed by atoms with Gasteiger partial charge in [-0.3, -0.25) is 4.79 Å². The zero-order chi connectivity index (χ0) is 19.7. The van der Waals surface area contributed by atoms with Gasteiger partial charge in [0.15, 0.2) is 11.5 Å². The monoisotopic (exact) mass is 442 g/mol. The molecule has 1 amide bonds. The molecule has 4 rings (SSSR count). The number of piperidine rings is 1. The molecule has 1 aliphatic rings. The first kappa shape index (κ1) is 18.9. The Morgan fingerprint density at radius 1 is 1.18 bits per heavy atom. The quantitative estimate of drug-likeness (QED) is 0.663. The number of hydrogen-bond acceptors (Lipinski definition) is 5. The third-order valence-electron chi connectivity index (χ3n) is 5.02. The summed E-state index contributed by atoms with van der Waals surface area (Å²) in [6, 6.07) is 11.5. The molecule has 1 saturated heterocycles. The van der Waals surface area contributed by atoms with Gasteiger partial charge < -0.3 is 10.2 Å². The number of hydrogen-bond donors (Lipinski definition) is 1. The van der Waals surface area contributed by atoms with E-state index in [1.54, 1.807) is 0 Å². The number of amides is 1. The minimum absolute atomic E-state index is 0.0558. The SMILES string of the molecule is CC(C)c1nnc2ccc(N3CCCC(C(=O)Nc4ccc(Br)cc4)C3)nn12. The predicted octanol–water partition coefficient (Wildman–Crippen LogP) is 3.87. The highest BCUT2D eigenvalue weighted by Gasteiger charge is 2.27. The minimum atomic E-state index is -0.0691. The van der Waals surface area contributed by atoms with Gasteiger partial charge in [-0.15, -0.1) is 15.3 Å². The van der Waals surface area contributed by atoms with Gasteiger partial charge >= 0.3 is 0 Å². The number of carbonyl (C=O) groups excluding carboxylic acids is 1. The summed E-state index contributed by atoms with van der Waals surface area (Å²) >= 11 is 3.41. The van der Waals surface area contributed by atoms with Crippen LogP contribution in [-0.2, 0) is 4.79 Å². The van der Waals surface area contributed by atoms with E-state index >= 15 is 0 Å². The molecule has 1 aromatic carbocycles. The highest BCUT2D eigenvalue weighted by molar-refractivity contribution is 9.10. The van der Waals surface area contributed by atoms with Crippen LogP contribution < -0.4 is 10.2 Å². The highest BCUT2D eigenvalue weighted by Crippen LogP contribution is 2.24. The van der Waals surface area contributed by atoms with Crippen LogP contribution in [0.15, 0.2) is 40.9 Å². The predicted molar refractivity (Wildman–Crippen MR) is 113 cm³/mol. The van der Waals surface area contributed by atoms with Crippen molar-refractivity contribution >= 4 is 39.0 Å². The van der Waals surface area contributed by atoms with Gasteiger partial charge in [0.25, 0.3) is 0 Å². The van der Waals surface area contributed by atoms with Gasteiger partial charge in [-0.25, -0.2) is 0 Å². The summed E-state index contributed by atoms with van der Waals surface area (Å²) in [5.41, 5.74) is 1.56. The van der Waals surface area contributed by atoms with Gasteiger partial charge in [0, 0.05) is 29.2 Å². The summed E-state index contributed by atoms with van der Waals surface area (Å²) in [6.45, 7) is 5.70. The van der Waals surface area contributed by atoms with Crippen LogP contribution in [0.25, 0.3) is 5.65 Å². The van der Waals surface area contributed by atoms with Crippen molar-refractivity contribution in [1.29, 1.82) is 0 Å². The van der Waals surface area contributed by atoms with Crippen molar-refractivity contribution in [3.05, 3.63) is 46.7 Å². The van der Waals surface area contributed by atoms with Crippen LogP contribution in [0.4, 0.5) is 11.5 Å². The second-order valence-corrected chi connectivity index (χ2v) is 8.37. The van der Waals surface area contributed by atoms with Crippen molar-refractivity contribution in [2.75, 3.05) is 23.3 Å². The number of rotatable bonds is 4. The Morgan fingerprint density at radius 2 is 1.96 bits per heavy atom. The maximum absolute atomic E-state index is 12.7. The Balaban J connectivity index is 1.50. The fourth-order valence-electron chi connectivity index (χ4n) is 3.50. The topological polar surface area (TPSA) is 75.4 Å². The van der Waals surface area contributed by atoms with Crippen LogP contribution in [0.5, 0.6) is 0 Å². The van der Waals surface area contributed by atoms with E-state index in [0.29, 0.717) is 6.54 Å². The fourth-order valence-corrected chi connectivity index (χ4v) is 3.77. The van der Waals surface area contributed by atoms with E-state index in [0.717, 1.165) is 46.8 Å². The first-order valence-electron chi connectivity index (χ1n) is 9.55. The standard InChI is InChI=1S/C20H23BrN6O/c1-13(2)19-24-23-17-9-10-18(25-27(17)19)26-11-3-4-14(12-26)20(28)22-16-7-5-15(21)6-8-16/h5-10,13-14H,3-4,11-12H2,1-2H3,(H,22,28). The van der Waals surface area contributed by atoms with Crippen molar-refractivity contribution in [2.45, 2.75) is 32.6 Å². The fraction of sp³-hybridized carbons (Fsp3) is 0.400. The van der Waals surface area contributed by atoms with Crippen molar-refractivity contribution < 1.29 is 4.79 Å². The van der Waals surface area contributed by atoms with Gasteiger partial charge in [-0.2, -0.15) is 4.52 Å². The second kappa shape index (κ2) is 7.87. The number of nitrogens with zero attached hydrogens (tertiary/aromatic N) is 5. The smallest absolute Gasteiger partial charge is 0.229 e. The molecule has 1 fully saturated rings. The van der Waals surface area contributed by atoms with Crippen molar-refractivity contribution in [3.8, 4) is 0 Å². The summed E-state index contributed by atoms with van der Waals surface area (Å²) in [5, 5.41) is 16.2. The first-order valence-corrected chi connectivity index (χ1v) is 10.3. The van der Waals surface area contributed by atoms with Gasteiger partial charge in [-0.1, -0.05) is 29.8 Å². The lowest BCUT2D eigenvalue weighted by Crippen LogP contribution is -2.41. The molecule has 1 aliphatic heterocycles. The highest BCUT2D eigenvalue weighted by atomic mass is 79.9. The summed E-state index contributed by atoms with van der Waals surface area (Å²) in [7, 11) is 0. The normalized spacial score (nSPS) is 17.3. The van der Waals surface area contributed by atoms with Crippen LogP contribution in [0.3, 0.4) is 0 Å². The van der Waals surface area contributed by atoms with Gasteiger partial charge in [-0.05, 0) is 49.2 Å². The van der Waals surface area contributed by atoms with Gasteiger partial charge in [0.1, 0.15) is 5.82 Å². The molecule has 3 aromatic rings. The lowest BCUT2D eigenvalue weighted by Gasteiger charge is -2.32. The molecular weight excluding hydrogens is 420 g/mol. The molecule has 3 heterocycles. The van der Waals surface area contributed by atoms with Crippen LogP contribution >= 0.6 is 15.9 Å². The largest absolute Gasteiger partial charge is 0.354 e. The number of carbonyl (C=O) groups is 1. The lowest BCUT2D eigenvalue weighted by molar-refractivity contribution is -0.120. The van der Waals surface area contributed by atoms with E-state index in [1.807, 2.05) is 40.9 Å². The molecule has 7 nitrogen and oxygen atoms in total. The Bertz CT molecular complexity index is 984. The van der Waals surface area contributed by atoms with Crippen LogP contribution in [0.2, 0.25) is 0 Å². The first-order chi connectivity index (χ1) is 13.5. The van der Waals surface area contributed by atoms with Crippen molar-refractivity contribution in [1.82, 2.24) is 19.8 Å². The Hall–Kier alpha value is -2.48. The van der Waals surface area contributed by atoms with E-state index in [4.69, 9.17) is 5.10 Å². The maximum atomic E-state index is 12.7. The van der Waals surface area contributed by atoms with Gasteiger partial charge in [0.05, 0.1) is 5.92 Å². The third kappa shape index (κ3) is 3.87. The van der Waals surface area contributed by atoms with E-state index in [9.17, 15) is 4.79 Å². The molecule has 1 unspecified atom stereocenters. The average Bonchev–Trinajstić information content (AvgIpc) is 3.13. The molecule has 28 heavy (non-hydrogen) atoms. The average molecular weight is 443 g/mol. The molecule has 1 N–H and O–H groups in total. The molecular formula is C20H23BrN6O. The molecule has 8 heteroatoms. The molecule has 1 atom stereocenters. The van der Waals surface area contributed by atoms with E-state index in [1.165, 1.54) is 0 Å². The Kier molecular flexibility index (Phi) is 5.30. The number of aromatic nitrogens is 4. The van der Waals surface area contributed by atoms with Crippen LogP contribution in [0, 0.1) is 5.92 Å². The molecule has 2 aromatic heterocycles. The van der Waals surface area contributed by atoms with Crippen LogP contribution in [-0.4, -0.2) is 38.8 Å². The Labute approximate surface area is 172 Å². The van der Waals surface area contributed by atoms with E-state index < -0.39 is 0 Å². The number of fused-ring (bicyclic) bond motifs is 1. The third-order valence-corrected chi connectivity index (χ3v) is 5.55. The van der Waals surface area contributed by atoms with Gasteiger partial charge in [0.2, 0.25) is 5.91 Å². The maximum Gasteiger partial charge on any atom is 0.229 e. The molecule has 0 spiro atoms. The second-order valence-electron chi connectivity index (χ2n) is 7.46. The molecule has 0 aliphatic carbocycles. The number of anilines is 2. The summed E-state index contributed by atoms with van der Waals surface area (Å²) in [5.74, 6) is 1.93. The Morgan fingerprint density at radius 3 is 2.71 bits per heavy atom. The number of halogens is 1. The summed E-state index contributed by atoms with van der Waals surface area (Å²) in [4.78, 5) is 14.9. The molecule has 0 radical (unpaired) electrons. The number of nitrogens with one attached hydrogen (secondary N) is 1. The van der Waals surface area contributed by atoms with Crippen molar-refractivity contribution in [2.24, 2.45) is 5.92 Å². The molecule has 0 bridgehead atoms. The van der Waals surface area contributed by atoms with E-state index in [-0.39, 0.29) is 17.7 Å². The van der Waals surface area contributed by atoms with Crippen molar-refractivity contribution in [3.63, 3.8) is 0 Å². The van der Waals surface area contributed by atoms with E-state index in [2.05, 4.69) is 50.2 Å². The zero-order valence-electron chi connectivity index (χ0n) is 16.0. The molecule has 0 saturated carbocycles. The van der Waals surface area contributed by atoms with Crippen LogP contribution in [0.1, 0.15) is 38.4 Å². The number of benzene rings is 1.